The summed E-state index contributed by atoms with van der Waals surface area (Å²) in [6, 6.07) is 8.76. The van der Waals surface area contributed by atoms with Crippen LogP contribution in [0.15, 0.2) is 35.2 Å². The summed E-state index contributed by atoms with van der Waals surface area (Å²) in [5.74, 6) is -0.203. The number of sulfone groups is 1. The van der Waals surface area contributed by atoms with Crippen molar-refractivity contribution in [3.05, 3.63) is 47.3 Å². The van der Waals surface area contributed by atoms with E-state index in [0.717, 1.165) is 30.5 Å². The van der Waals surface area contributed by atoms with Crippen molar-refractivity contribution in [1.29, 1.82) is 0 Å². The number of aryl methyl sites for hydroxylation is 1. The van der Waals surface area contributed by atoms with E-state index < -0.39 is 9.84 Å². The zero-order valence-electron chi connectivity index (χ0n) is 15.6. The van der Waals surface area contributed by atoms with Gasteiger partial charge in [-0.15, -0.1) is 0 Å². The van der Waals surface area contributed by atoms with Crippen molar-refractivity contribution in [1.82, 2.24) is 4.57 Å². The third kappa shape index (κ3) is 3.85. The quantitative estimate of drug-likeness (QED) is 0.869. The van der Waals surface area contributed by atoms with Gasteiger partial charge in [-0.2, -0.15) is 0 Å². The lowest BCUT2D eigenvalue weighted by Crippen LogP contribution is -2.17. The molecule has 2 aromatic rings. The zero-order valence-corrected chi connectivity index (χ0v) is 16.4. The van der Waals surface area contributed by atoms with Crippen molar-refractivity contribution in [2.24, 2.45) is 0 Å². The van der Waals surface area contributed by atoms with E-state index in [-0.39, 0.29) is 10.8 Å². The number of hydrogen-bond donors (Lipinski definition) is 1. The van der Waals surface area contributed by atoms with Gasteiger partial charge in [-0.1, -0.05) is 25.3 Å². The molecule has 0 atom stereocenters. The second-order valence-corrected chi connectivity index (χ2v) is 9.22. The summed E-state index contributed by atoms with van der Waals surface area (Å²) < 4.78 is 25.7. The van der Waals surface area contributed by atoms with Gasteiger partial charge in [-0.05, 0) is 51.0 Å². The average molecular weight is 375 g/mol. The van der Waals surface area contributed by atoms with E-state index in [4.69, 9.17) is 0 Å². The van der Waals surface area contributed by atoms with Crippen LogP contribution in [0.25, 0.3) is 0 Å². The van der Waals surface area contributed by atoms with Crippen molar-refractivity contribution < 1.29 is 13.2 Å². The first-order valence-electron chi connectivity index (χ1n) is 9.07. The number of rotatable bonds is 4. The molecule has 1 fully saturated rings. The molecular weight excluding hydrogens is 348 g/mol. The molecule has 1 N–H and O–H groups in total. The van der Waals surface area contributed by atoms with E-state index in [9.17, 15) is 13.2 Å². The van der Waals surface area contributed by atoms with E-state index in [0.29, 0.717) is 17.3 Å². The molecule has 3 rings (SSSR count). The highest BCUT2D eigenvalue weighted by molar-refractivity contribution is 7.90. The monoisotopic (exact) mass is 374 g/mol. The Morgan fingerprint density at radius 2 is 1.81 bits per heavy atom. The summed E-state index contributed by atoms with van der Waals surface area (Å²) in [7, 11) is -3.31. The Hall–Kier alpha value is -2.08. The number of carbonyl (C=O) groups excluding carboxylic acids is 1. The van der Waals surface area contributed by atoms with Gasteiger partial charge in [0.25, 0.3) is 5.91 Å². The SMILES string of the molecule is Cc1cc(C(=O)Nc2cccc(S(C)(=O)=O)c2)c(C)n1C1CCCCC1. The summed E-state index contributed by atoms with van der Waals surface area (Å²) in [6.07, 6.45) is 7.25. The number of nitrogens with zero attached hydrogens (tertiary/aromatic N) is 1. The first-order chi connectivity index (χ1) is 12.3. The maximum Gasteiger partial charge on any atom is 0.257 e. The van der Waals surface area contributed by atoms with Crippen LogP contribution in [0.5, 0.6) is 0 Å². The highest BCUT2D eigenvalue weighted by atomic mass is 32.2. The third-order valence-electron chi connectivity index (χ3n) is 5.19. The van der Waals surface area contributed by atoms with E-state index in [1.54, 1.807) is 12.1 Å². The molecule has 6 heteroatoms. The van der Waals surface area contributed by atoms with Gasteiger partial charge in [0.15, 0.2) is 9.84 Å². The minimum absolute atomic E-state index is 0.197. The average Bonchev–Trinajstić information content (AvgIpc) is 2.90. The van der Waals surface area contributed by atoms with Crippen LogP contribution in [0.4, 0.5) is 5.69 Å². The maximum atomic E-state index is 12.8. The fraction of sp³-hybridized carbons (Fsp3) is 0.450. The van der Waals surface area contributed by atoms with Crippen LogP contribution in [0.2, 0.25) is 0 Å². The van der Waals surface area contributed by atoms with Crippen LogP contribution in [-0.2, 0) is 9.84 Å². The van der Waals surface area contributed by atoms with Gasteiger partial charge in [0.1, 0.15) is 0 Å². The van der Waals surface area contributed by atoms with Crippen molar-refractivity contribution in [2.45, 2.75) is 56.9 Å². The molecule has 1 aliphatic rings. The van der Waals surface area contributed by atoms with Crippen LogP contribution in [0.1, 0.15) is 59.9 Å². The summed E-state index contributed by atoms with van der Waals surface area (Å²) in [5, 5.41) is 2.84. The fourth-order valence-corrected chi connectivity index (χ4v) is 4.58. The Kier molecular flexibility index (Phi) is 5.23. The van der Waals surface area contributed by atoms with Crippen LogP contribution in [0, 0.1) is 13.8 Å². The predicted octanol–water partition coefficient (Wildman–Crippen LogP) is 4.27. The molecule has 0 radical (unpaired) electrons. The number of amides is 1. The predicted molar refractivity (Wildman–Crippen MR) is 104 cm³/mol. The van der Waals surface area contributed by atoms with Crippen molar-refractivity contribution in [3.63, 3.8) is 0 Å². The van der Waals surface area contributed by atoms with E-state index in [1.165, 1.54) is 31.4 Å². The van der Waals surface area contributed by atoms with Gasteiger partial charge < -0.3 is 9.88 Å². The van der Waals surface area contributed by atoms with Crippen LogP contribution in [0.3, 0.4) is 0 Å². The minimum atomic E-state index is -3.31. The molecule has 0 spiro atoms. The molecule has 1 aromatic heterocycles. The van der Waals surface area contributed by atoms with Crippen LogP contribution in [-0.4, -0.2) is 25.1 Å². The Bertz CT molecular complexity index is 923. The highest BCUT2D eigenvalue weighted by Crippen LogP contribution is 2.32. The first kappa shape index (κ1) is 18.7. The summed E-state index contributed by atoms with van der Waals surface area (Å²) in [4.78, 5) is 13.0. The normalized spacial score (nSPS) is 15.8. The van der Waals surface area contributed by atoms with Crippen molar-refractivity contribution >= 4 is 21.4 Å². The lowest BCUT2D eigenvalue weighted by molar-refractivity contribution is 0.102. The second kappa shape index (κ2) is 7.27. The van der Waals surface area contributed by atoms with Crippen LogP contribution < -0.4 is 5.32 Å². The molecule has 1 aromatic carbocycles. The minimum Gasteiger partial charge on any atom is -0.345 e. The molecule has 5 nitrogen and oxygen atoms in total. The molecule has 0 bridgehead atoms. The Morgan fingerprint density at radius 3 is 2.46 bits per heavy atom. The fourth-order valence-electron chi connectivity index (χ4n) is 3.91. The molecule has 1 heterocycles. The molecular formula is C20H26N2O3S. The maximum absolute atomic E-state index is 12.8. The number of hydrogen-bond acceptors (Lipinski definition) is 3. The van der Waals surface area contributed by atoms with E-state index in [2.05, 4.69) is 9.88 Å². The number of aromatic nitrogens is 1. The largest absolute Gasteiger partial charge is 0.345 e. The zero-order chi connectivity index (χ0) is 18.9. The highest BCUT2D eigenvalue weighted by Gasteiger charge is 2.22. The summed E-state index contributed by atoms with van der Waals surface area (Å²) in [6.45, 7) is 4.03. The molecule has 0 saturated heterocycles. The molecule has 1 saturated carbocycles. The smallest absolute Gasteiger partial charge is 0.257 e. The Morgan fingerprint density at radius 1 is 1.12 bits per heavy atom. The van der Waals surface area contributed by atoms with Gasteiger partial charge in [-0.25, -0.2) is 8.42 Å². The molecule has 140 valence electrons. The van der Waals surface area contributed by atoms with Gasteiger partial charge in [-0.3, -0.25) is 4.79 Å². The van der Waals surface area contributed by atoms with Crippen molar-refractivity contribution in [3.8, 4) is 0 Å². The third-order valence-corrected chi connectivity index (χ3v) is 6.30. The lowest BCUT2D eigenvalue weighted by Gasteiger charge is -2.26. The number of nitrogens with one attached hydrogen (secondary N) is 1. The van der Waals surface area contributed by atoms with E-state index >= 15 is 0 Å². The lowest BCUT2D eigenvalue weighted by atomic mass is 9.95. The van der Waals surface area contributed by atoms with Gasteiger partial charge in [0.2, 0.25) is 0 Å². The molecule has 26 heavy (non-hydrogen) atoms. The number of anilines is 1. The van der Waals surface area contributed by atoms with E-state index in [1.807, 2.05) is 19.9 Å². The van der Waals surface area contributed by atoms with Crippen LogP contribution >= 0.6 is 0 Å². The van der Waals surface area contributed by atoms with Gasteiger partial charge in [0, 0.05) is 29.4 Å². The molecule has 0 aliphatic heterocycles. The Balaban J connectivity index is 1.85. The molecule has 0 unspecified atom stereocenters. The summed E-state index contributed by atoms with van der Waals surface area (Å²) in [5.41, 5.74) is 3.22. The molecule has 1 aliphatic carbocycles. The van der Waals surface area contributed by atoms with Gasteiger partial charge in [0.05, 0.1) is 10.5 Å². The number of benzene rings is 1. The Labute approximate surface area is 155 Å². The molecule has 1 amide bonds. The topological polar surface area (TPSA) is 68.2 Å². The number of carbonyl (C=O) groups is 1. The van der Waals surface area contributed by atoms with Crippen molar-refractivity contribution in [2.75, 3.05) is 11.6 Å². The standard InChI is InChI=1S/C20H26N2O3S/c1-14-12-19(15(2)22(14)17-9-5-4-6-10-17)20(23)21-16-8-7-11-18(13-16)26(3,24)25/h7-8,11-13,17H,4-6,9-10H2,1-3H3,(H,21,23). The second-order valence-electron chi connectivity index (χ2n) is 7.20. The summed E-state index contributed by atoms with van der Waals surface area (Å²) >= 11 is 0. The van der Waals surface area contributed by atoms with Gasteiger partial charge >= 0.3 is 0 Å². The first-order valence-corrected chi connectivity index (χ1v) is 11.0.